The van der Waals surface area contributed by atoms with Crippen molar-refractivity contribution in [1.29, 1.82) is 10.5 Å². The van der Waals surface area contributed by atoms with Gasteiger partial charge in [-0.25, -0.2) is 4.79 Å². The number of nitriles is 2. The average molecular weight is 1320 g/mol. The van der Waals surface area contributed by atoms with E-state index < -0.39 is 67.7 Å². The second kappa shape index (κ2) is 27.5. The Morgan fingerprint density at radius 2 is 1.01 bits per heavy atom. The SMILES string of the molecule is CCC(C)(C)C(=O)OC.CCC(C)(C)C(=O)OC12CC3CC(CC(O)(C3)C1)C2.CCC(C)(C)C(=O)OC12CC3CC(O)(CC(O)(C3)C1)C2.CCC(C)(C)C(=O)OC1C(=O)OC2CCCC21.CCC(C)(C)C(=O)OC1C2CC3C1OC(=O)C3(C#N)C2.N#CC1CC2CCC1C2. The number of methoxy groups -OCH3 is 1. The van der Waals surface area contributed by atoms with E-state index in [-0.39, 0.29) is 82.7 Å². The van der Waals surface area contributed by atoms with E-state index in [4.69, 9.17) is 33.7 Å². The molecule has 2 heterocycles. The van der Waals surface area contributed by atoms with Crippen LogP contribution < -0.4 is 0 Å². The van der Waals surface area contributed by atoms with Crippen molar-refractivity contribution < 1.29 is 82.0 Å². The molecule has 0 spiro atoms. The summed E-state index contributed by atoms with van der Waals surface area (Å²) in [6.45, 7) is 28.6. The maximum absolute atomic E-state index is 12.4. The van der Waals surface area contributed by atoms with Crippen molar-refractivity contribution in [2.24, 2.45) is 85.8 Å². The highest BCUT2D eigenvalue weighted by atomic mass is 16.6. The molecule has 0 aromatic heterocycles. The van der Waals surface area contributed by atoms with Crippen LogP contribution in [0.15, 0.2) is 0 Å². The summed E-state index contributed by atoms with van der Waals surface area (Å²) in [7, 11) is 1.42. The Hall–Kier alpha value is -4.85. The van der Waals surface area contributed by atoms with Gasteiger partial charge in [-0.1, -0.05) is 41.0 Å². The van der Waals surface area contributed by atoms with E-state index in [1.54, 1.807) is 0 Å². The Morgan fingerprint density at radius 3 is 1.46 bits per heavy atom. The molecule has 2 aliphatic heterocycles. The molecule has 94 heavy (non-hydrogen) atoms. The number of fused-ring (bicyclic) bond motifs is 4. The molecule has 15 fully saturated rings. The number of nitrogens with zero attached hydrogens (tertiary/aromatic N) is 2. The smallest absolute Gasteiger partial charge is 0.348 e. The van der Waals surface area contributed by atoms with Crippen molar-refractivity contribution in [3.8, 4) is 12.1 Å². The second-order valence-corrected chi connectivity index (χ2v) is 34.9. The molecule has 0 radical (unpaired) electrons. The molecular weight excluding hydrogens is 1200 g/mol. The summed E-state index contributed by atoms with van der Waals surface area (Å²) >= 11 is 0. The summed E-state index contributed by atoms with van der Waals surface area (Å²) in [4.78, 5) is 83.4. The van der Waals surface area contributed by atoms with E-state index in [2.05, 4.69) is 16.9 Å². The third-order valence-electron chi connectivity index (χ3n) is 25.5. The molecule has 13 aliphatic carbocycles. The van der Waals surface area contributed by atoms with E-state index in [1.807, 2.05) is 104 Å². The number of carbonyl (C=O) groups is 7. The van der Waals surface area contributed by atoms with Crippen molar-refractivity contribution in [2.45, 2.75) is 323 Å². The van der Waals surface area contributed by atoms with Gasteiger partial charge in [0.2, 0.25) is 6.10 Å². The Kier molecular flexibility index (Phi) is 21.9. The zero-order chi connectivity index (χ0) is 69.8. The van der Waals surface area contributed by atoms with Crippen molar-refractivity contribution in [3.05, 3.63) is 0 Å². The van der Waals surface area contributed by atoms with Gasteiger partial charge in [-0.15, -0.1) is 0 Å². The van der Waals surface area contributed by atoms with Crippen LogP contribution in [-0.2, 0) is 66.7 Å². The van der Waals surface area contributed by atoms with Gasteiger partial charge in [0.25, 0.3) is 0 Å². The summed E-state index contributed by atoms with van der Waals surface area (Å²) in [5.74, 6) is 1.86. The summed E-state index contributed by atoms with van der Waals surface area (Å²) in [6, 6.07) is 4.55. The molecular formula is C75H116N2O17. The Bertz CT molecular complexity index is 2880. The lowest BCUT2D eigenvalue weighted by atomic mass is 9.50. The lowest BCUT2D eigenvalue weighted by Gasteiger charge is -2.62. The zero-order valence-corrected chi connectivity index (χ0v) is 59.8. The van der Waals surface area contributed by atoms with Crippen molar-refractivity contribution in [2.75, 3.05) is 7.11 Å². The number of esters is 7. The van der Waals surface area contributed by atoms with Gasteiger partial charge < -0.3 is 48.5 Å². The van der Waals surface area contributed by atoms with Gasteiger partial charge in [-0.2, -0.15) is 10.5 Å². The average Bonchev–Trinajstić information content (AvgIpc) is 1.44. The maximum atomic E-state index is 12.4. The topological polar surface area (TPSA) is 292 Å². The largest absolute Gasteiger partial charge is 0.469 e. The van der Waals surface area contributed by atoms with Gasteiger partial charge in [0, 0.05) is 49.4 Å². The number of aliphatic hydroxyl groups is 3. The highest BCUT2D eigenvalue weighted by molar-refractivity contribution is 5.85. The third-order valence-corrected chi connectivity index (χ3v) is 25.5. The molecule has 2 saturated heterocycles. The monoisotopic (exact) mass is 1320 g/mol. The molecule has 0 aromatic carbocycles. The molecule has 15 aliphatic rings. The lowest BCUT2D eigenvalue weighted by Crippen LogP contribution is -2.67. The molecule has 0 aromatic rings. The summed E-state index contributed by atoms with van der Waals surface area (Å²) in [6.07, 6.45) is 21.0. The minimum absolute atomic E-state index is 0.0231. The van der Waals surface area contributed by atoms with Crippen LogP contribution in [0.1, 0.15) is 271 Å². The first-order valence-corrected chi connectivity index (χ1v) is 36.0. The minimum Gasteiger partial charge on any atom is -0.469 e. The summed E-state index contributed by atoms with van der Waals surface area (Å²) in [5, 5.41) is 49.9. The van der Waals surface area contributed by atoms with Crippen LogP contribution >= 0.6 is 0 Å². The van der Waals surface area contributed by atoms with Gasteiger partial charge in [0.15, 0.2) is 5.41 Å². The highest BCUT2D eigenvalue weighted by Crippen LogP contribution is 2.64. The molecule has 13 saturated carbocycles. The zero-order valence-electron chi connectivity index (χ0n) is 59.8. The van der Waals surface area contributed by atoms with Gasteiger partial charge in [-0.3, -0.25) is 28.8 Å². The minimum atomic E-state index is -0.974. The van der Waals surface area contributed by atoms with E-state index in [0.29, 0.717) is 62.7 Å². The van der Waals surface area contributed by atoms with Crippen LogP contribution in [0.5, 0.6) is 0 Å². The Balaban J connectivity index is 0.000000148. The molecule has 15 rings (SSSR count). The second-order valence-electron chi connectivity index (χ2n) is 34.9. The normalized spacial score (nSPS) is 39.1. The standard InChI is InChI=1S/C16H26O4.C16H26O3.C15H19NO4.C13H20O4.C8H11N.C7H14O2/c1-4-13(2,3)12(17)20-16-7-11-5-14(18,9-16)8-15(19,6-11)10-16;1-4-14(2,3)13(17)19-16-8-11-5-12(9-16)7-15(18,6-11)10-16;1-4-14(2,3)12(17)19-10-8-5-9-11(10)20-13(18)15(9,6-8)7-16;1-4-13(2,3)12(15)17-10-8-6-5-7-9(8)16-11(10)14;9-5-8-4-6-1-2-7(8)3-6;1-5-7(2,3)6(8)9-4/h11,18-19H,4-10H2,1-3H3;11-12,18H,4-10H2,1-3H3;8-11H,4-6H2,1-3H3;8-10H,4-7H2,1-3H3;6-8H,1-4H2;5H2,1-4H3. The van der Waals surface area contributed by atoms with Crippen LogP contribution in [0.25, 0.3) is 0 Å². The van der Waals surface area contributed by atoms with Crippen molar-refractivity contribution >= 4 is 41.8 Å². The maximum Gasteiger partial charge on any atom is 0.348 e. The predicted octanol–water partition coefficient (Wildman–Crippen LogP) is 12.6. The first-order chi connectivity index (χ1) is 43.6. The molecule has 528 valence electrons. The number of hydrogen-bond donors (Lipinski definition) is 3. The predicted molar refractivity (Wildman–Crippen MR) is 346 cm³/mol. The molecule has 3 N–H and O–H groups in total. The number of rotatable bonds is 14. The van der Waals surface area contributed by atoms with Crippen LogP contribution in [-0.4, -0.2) is 117 Å². The number of carbonyl (C=O) groups excluding carboxylic acids is 7. The molecule has 0 amide bonds. The molecule has 19 heteroatoms. The fraction of sp³-hybridized carbons (Fsp3) is 0.880. The highest BCUT2D eigenvalue weighted by Gasteiger charge is 2.73. The van der Waals surface area contributed by atoms with E-state index in [1.165, 1.54) is 39.2 Å². The van der Waals surface area contributed by atoms with Gasteiger partial charge in [0.05, 0.1) is 63.1 Å². The quantitative estimate of drug-likeness (QED) is 0.108. The van der Waals surface area contributed by atoms with Crippen LogP contribution in [0.2, 0.25) is 0 Å². The lowest BCUT2D eigenvalue weighted by molar-refractivity contribution is -0.264. The fourth-order valence-corrected chi connectivity index (χ4v) is 18.5. The molecule has 15 atom stereocenters. The number of ether oxygens (including phenoxy) is 7. The first kappa shape index (κ1) is 74.9. The van der Waals surface area contributed by atoms with Crippen LogP contribution in [0.4, 0.5) is 0 Å². The van der Waals surface area contributed by atoms with Gasteiger partial charge in [-0.05, 0) is 234 Å². The van der Waals surface area contributed by atoms with Crippen molar-refractivity contribution in [1.82, 2.24) is 0 Å². The third kappa shape index (κ3) is 15.5. The Labute approximate surface area is 560 Å². The molecule has 12 bridgehead atoms. The van der Waals surface area contributed by atoms with Crippen LogP contribution in [0.3, 0.4) is 0 Å². The van der Waals surface area contributed by atoms with Crippen LogP contribution in [0, 0.1) is 108 Å². The Morgan fingerprint density at radius 1 is 0.521 bits per heavy atom. The van der Waals surface area contributed by atoms with E-state index in [0.717, 1.165) is 102 Å². The number of hydrogen-bond acceptors (Lipinski definition) is 19. The molecule has 15 unspecified atom stereocenters. The molecule has 19 nitrogen and oxygen atoms in total. The van der Waals surface area contributed by atoms with Gasteiger partial charge >= 0.3 is 41.8 Å². The fourth-order valence-electron chi connectivity index (χ4n) is 18.5. The van der Waals surface area contributed by atoms with Crippen molar-refractivity contribution in [3.63, 3.8) is 0 Å². The van der Waals surface area contributed by atoms with Gasteiger partial charge in [0.1, 0.15) is 29.5 Å². The van der Waals surface area contributed by atoms with E-state index >= 15 is 0 Å². The first-order valence-electron chi connectivity index (χ1n) is 36.0. The van der Waals surface area contributed by atoms with E-state index in [9.17, 15) is 54.1 Å². The summed E-state index contributed by atoms with van der Waals surface area (Å²) < 4.78 is 38.0. The summed E-state index contributed by atoms with van der Waals surface area (Å²) in [5.41, 5.74) is -6.51.